The second kappa shape index (κ2) is 10.5. The molecule has 7 heterocycles. The van der Waals surface area contributed by atoms with Crippen LogP contribution in [0, 0.1) is 12.7 Å². The van der Waals surface area contributed by atoms with Gasteiger partial charge in [0.05, 0.1) is 45.1 Å². The third-order valence-corrected chi connectivity index (χ3v) is 10.6. The first kappa shape index (κ1) is 29.9. The first-order valence-electron chi connectivity index (χ1n) is 15.4. The number of pyridine rings is 1. The van der Waals surface area contributed by atoms with E-state index in [1.165, 1.54) is 6.92 Å². The lowest BCUT2D eigenvalue weighted by Gasteiger charge is -2.40. The second-order valence-corrected chi connectivity index (χ2v) is 13.4. The minimum atomic E-state index is -4.89. The van der Waals surface area contributed by atoms with Gasteiger partial charge in [0.1, 0.15) is 30.4 Å². The molecule has 2 aromatic heterocycles. The Labute approximate surface area is 265 Å². The van der Waals surface area contributed by atoms with Gasteiger partial charge in [-0.2, -0.15) is 23.1 Å². The molecule has 3 N–H and O–H groups in total. The molecule has 0 radical (unpaired) electrons. The third-order valence-electron chi connectivity index (χ3n) is 10.2. The lowest BCUT2D eigenvalue weighted by atomic mass is 9.94. The van der Waals surface area contributed by atoms with Crippen molar-refractivity contribution in [3.63, 3.8) is 0 Å². The van der Waals surface area contributed by atoms with Gasteiger partial charge in [0.15, 0.2) is 11.6 Å². The predicted octanol–water partition coefficient (Wildman–Crippen LogP) is 5.57. The molecule has 9 nitrogen and oxygen atoms in total. The fourth-order valence-electron chi connectivity index (χ4n) is 8.24. The van der Waals surface area contributed by atoms with Crippen LogP contribution in [-0.4, -0.2) is 76.4 Å². The van der Waals surface area contributed by atoms with E-state index >= 15 is 4.39 Å². The molecule has 244 valence electrons. The van der Waals surface area contributed by atoms with Crippen molar-refractivity contribution < 1.29 is 31.4 Å². The highest BCUT2D eigenvalue weighted by molar-refractivity contribution is 6.36. The van der Waals surface area contributed by atoms with Gasteiger partial charge < -0.3 is 25.4 Å². The minimum Gasteiger partial charge on any atom is -0.489 e. The molecule has 1 aromatic carbocycles. The summed E-state index contributed by atoms with van der Waals surface area (Å²) in [5.74, 6) is -1.03. The lowest BCUT2D eigenvalue weighted by molar-refractivity contribution is -0.137. The molecular weight excluding hydrogens is 633 g/mol. The molecule has 46 heavy (non-hydrogen) atoms. The van der Waals surface area contributed by atoms with E-state index in [0.29, 0.717) is 37.2 Å². The summed E-state index contributed by atoms with van der Waals surface area (Å²) in [5.41, 5.74) is 3.04. The minimum absolute atomic E-state index is 0.0241. The van der Waals surface area contributed by atoms with Crippen molar-refractivity contribution in [3.05, 3.63) is 39.9 Å². The van der Waals surface area contributed by atoms with E-state index in [-0.39, 0.29) is 70.4 Å². The third kappa shape index (κ3) is 4.50. The zero-order valence-corrected chi connectivity index (χ0v) is 25.6. The molecule has 0 aliphatic carbocycles. The summed E-state index contributed by atoms with van der Waals surface area (Å²) >= 11 is 6.81. The Kier molecular flexibility index (Phi) is 6.83. The number of benzene rings is 1. The van der Waals surface area contributed by atoms with Crippen molar-refractivity contribution in [3.8, 4) is 23.0 Å². The Hall–Kier alpha value is -3.49. The molecule has 0 saturated carbocycles. The van der Waals surface area contributed by atoms with Crippen LogP contribution in [-0.2, 0) is 6.18 Å². The number of hydrogen-bond acceptors (Lipinski definition) is 9. The number of hydrogen-bond donors (Lipinski definition) is 2. The maximum Gasteiger partial charge on any atom is 0.418 e. The number of halogens is 6. The van der Waals surface area contributed by atoms with Gasteiger partial charge in [-0.25, -0.2) is 13.8 Å². The number of nitrogens with zero attached hydrogens (tertiary/aromatic N) is 5. The average molecular weight is 664 g/mol. The maximum atomic E-state index is 16.9. The number of fused-ring (bicyclic) bond motifs is 6. The number of piperazine rings is 1. The molecule has 4 saturated heterocycles. The van der Waals surface area contributed by atoms with E-state index in [2.05, 4.69) is 20.2 Å². The largest absolute Gasteiger partial charge is 0.489 e. The first-order valence-corrected chi connectivity index (χ1v) is 15.7. The Balaban J connectivity index is 1.33. The Morgan fingerprint density at radius 3 is 2.87 bits per heavy atom. The van der Waals surface area contributed by atoms with Crippen LogP contribution in [0.1, 0.15) is 43.2 Å². The topological polar surface area (TPSA) is 102 Å². The molecule has 4 fully saturated rings. The molecule has 15 heteroatoms. The molecule has 1 unspecified atom stereocenters. The van der Waals surface area contributed by atoms with Crippen LogP contribution >= 0.6 is 11.6 Å². The average Bonchev–Trinajstić information content (AvgIpc) is 3.64. The summed E-state index contributed by atoms with van der Waals surface area (Å²) in [4.78, 5) is 17.4. The van der Waals surface area contributed by atoms with Crippen molar-refractivity contribution in [1.29, 1.82) is 0 Å². The van der Waals surface area contributed by atoms with E-state index in [1.54, 1.807) is 0 Å². The number of alkyl halides is 3. The number of ether oxygens (including phenoxy) is 2. The molecule has 0 amide bonds. The molecule has 4 atom stereocenters. The Morgan fingerprint density at radius 1 is 1.26 bits per heavy atom. The zero-order valence-electron chi connectivity index (χ0n) is 24.9. The fraction of sp³-hybridized carbons (Fsp3) is 0.516. The maximum absolute atomic E-state index is 16.9. The highest BCUT2D eigenvalue weighted by Gasteiger charge is 2.48. The number of nitrogens with two attached hydrogens (primary N) is 1. The van der Waals surface area contributed by atoms with Gasteiger partial charge >= 0.3 is 12.2 Å². The number of nitrogen functional groups attached to an aromatic ring is 1. The normalized spacial score (nSPS) is 28.0. The number of aryl methyl sites for hydroxylation is 1. The summed E-state index contributed by atoms with van der Waals surface area (Å²) in [7, 11) is 0. The quantitative estimate of drug-likeness (QED) is 0.347. The van der Waals surface area contributed by atoms with Crippen molar-refractivity contribution >= 4 is 34.1 Å². The van der Waals surface area contributed by atoms with Crippen molar-refractivity contribution in [1.82, 2.24) is 25.2 Å². The van der Waals surface area contributed by atoms with Crippen molar-refractivity contribution in [2.75, 3.05) is 43.5 Å². The van der Waals surface area contributed by atoms with Gasteiger partial charge in [0, 0.05) is 25.2 Å². The molecule has 0 spiro atoms. The number of anilines is 2. The molecule has 5 aliphatic rings. The summed E-state index contributed by atoms with van der Waals surface area (Å²) in [6.07, 6.45) is -0.232. The van der Waals surface area contributed by atoms with E-state index in [9.17, 15) is 17.6 Å². The first-order chi connectivity index (χ1) is 22.0. The van der Waals surface area contributed by atoms with Crippen LogP contribution < -0.4 is 25.4 Å². The van der Waals surface area contributed by atoms with Crippen LogP contribution in [0.5, 0.6) is 11.8 Å². The monoisotopic (exact) mass is 663 g/mol. The number of aromatic nitrogens is 3. The second-order valence-electron chi connectivity index (χ2n) is 13.0. The fourth-order valence-corrected chi connectivity index (χ4v) is 8.57. The van der Waals surface area contributed by atoms with Gasteiger partial charge in [0.2, 0.25) is 0 Å². The number of nitrogens with one attached hydrogen (secondary N) is 1. The standard InChI is InChI=1S/C31H31ClF5N7O2/c1-14-7-19(38)40-25(22(14)31(35,36)37)20-23(32)27-21-26(24(20)34)41-29(46-13-30-5-2-6-43(30)10-15(8-30)9-33)42-28(21)44-11-16-3-4-17(39-16)18(44)12-45-27/h7,9,16-18,39H,2-6,8,10-13H2,1H3,(H2,38,40)/b15-9-/t16-,17+,18-,30?/m1/s1. The van der Waals surface area contributed by atoms with E-state index in [4.69, 9.17) is 31.8 Å². The highest BCUT2D eigenvalue weighted by atomic mass is 35.5. The molecule has 8 rings (SSSR count). The Morgan fingerprint density at radius 2 is 2.09 bits per heavy atom. The molecule has 5 aliphatic heterocycles. The van der Waals surface area contributed by atoms with E-state index in [0.717, 1.165) is 38.3 Å². The zero-order chi connectivity index (χ0) is 32.1. The number of rotatable bonds is 4. The van der Waals surface area contributed by atoms with Crippen LogP contribution in [0.15, 0.2) is 18.0 Å². The van der Waals surface area contributed by atoms with Crippen LogP contribution in [0.3, 0.4) is 0 Å². The SMILES string of the molecule is Cc1cc(N)nc(-c2c(Cl)c3c4c(nc(OCC56CCCN5C/C(=C\F)C6)nc4c2F)N2C[C@H]4CC[C@H](N4)[C@H]2CO3)c1C(F)(F)F. The van der Waals surface area contributed by atoms with Crippen molar-refractivity contribution in [2.24, 2.45) is 0 Å². The van der Waals surface area contributed by atoms with Gasteiger partial charge in [0.25, 0.3) is 0 Å². The van der Waals surface area contributed by atoms with Crippen molar-refractivity contribution in [2.45, 2.75) is 68.9 Å². The Bertz CT molecular complexity index is 1810. The molecule has 3 aromatic rings. The van der Waals surface area contributed by atoms with Crippen LogP contribution in [0.2, 0.25) is 5.02 Å². The predicted molar refractivity (Wildman–Crippen MR) is 161 cm³/mol. The van der Waals surface area contributed by atoms with Gasteiger partial charge in [-0.05, 0) is 62.8 Å². The summed E-state index contributed by atoms with van der Waals surface area (Å²) in [6, 6.07) is 0.944. The molecular formula is C31H31ClF5N7O2. The van der Waals surface area contributed by atoms with Crippen LogP contribution in [0.25, 0.3) is 22.2 Å². The van der Waals surface area contributed by atoms with E-state index < -0.39 is 34.4 Å². The summed E-state index contributed by atoms with van der Waals surface area (Å²) < 4.78 is 86.1. The van der Waals surface area contributed by atoms with Gasteiger partial charge in [-0.1, -0.05) is 11.6 Å². The van der Waals surface area contributed by atoms with Crippen LogP contribution in [0.4, 0.5) is 33.6 Å². The lowest BCUT2D eigenvalue weighted by Crippen LogP contribution is -2.60. The summed E-state index contributed by atoms with van der Waals surface area (Å²) in [6.45, 7) is 3.33. The van der Waals surface area contributed by atoms with Gasteiger partial charge in [-0.3, -0.25) is 4.90 Å². The van der Waals surface area contributed by atoms with E-state index in [1.807, 2.05) is 4.90 Å². The smallest absolute Gasteiger partial charge is 0.418 e. The summed E-state index contributed by atoms with van der Waals surface area (Å²) in [5, 5.41) is 3.37. The van der Waals surface area contributed by atoms with Gasteiger partial charge in [-0.15, -0.1) is 0 Å². The highest BCUT2D eigenvalue weighted by Crippen LogP contribution is 2.51. The molecule has 2 bridgehead atoms.